The molecule has 5 nitrogen and oxygen atoms in total. The zero-order valence-corrected chi connectivity index (χ0v) is 11.1. The number of carbonyl (C=O) groups excluding carboxylic acids is 1. The van der Waals surface area contributed by atoms with Gasteiger partial charge in [0, 0.05) is 30.9 Å². The Hall–Kier alpha value is -1.85. The lowest BCUT2D eigenvalue weighted by atomic mass is 10.2. The van der Waals surface area contributed by atoms with Crippen molar-refractivity contribution in [2.75, 3.05) is 6.54 Å². The summed E-state index contributed by atoms with van der Waals surface area (Å²) in [5.74, 6) is -0.203. The molecule has 0 spiro atoms. The van der Waals surface area contributed by atoms with E-state index in [1.807, 2.05) is 12.1 Å². The zero-order chi connectivity index (χ0) is 13.7. The highest BCUT2D eigenvalue weighted by Crippen LogP contribution is 2.09. The molecular weight excluding hydrogens is 264 g/mol. The highest BCUT2D eigenvalue weighted by molar-refractivity contribution is 6.30. The molecule has 0 saturated carbocycles. The molecule has 1 heterocycles. The van der Waals surface area contributed by atoms with Crippen molar-refractivity contribution < 1.29 is 4.79 Å². The van der Waals surface area contributed by atoms with E-state index in [4.69, 9.17) is 17.3 Å². The van der Waals surface area contributed by atoms with Gasteiger partial charge in [-0.2, -0.15) is 0 Å². The third-order valence-corrected chi connectivity index (χ3v) is 2.87. The first-order valence-corrected chi connectivity index (χ1v) is 6.31. The summed E-state index contributed by atoms with van der Waals surface area (Å²) in [7, 11) is 0. The summed E-state index contributed by atoms with van der Waals surface area (Å²) in [5, 5.41) is 3.48. The molecule has 0 fully saturated rings. The van der Waals surface area contributed by atoms with Gasteiger partial charge in [0.2, 0.25) is 0 Å². The fourth-order valence-electron chi connectivity index (χ4n) is 1.62. The van der Waals surface area contributed by atoms with Crippen LogP contribution in [0.3, 0.4) is 0 Å². The molecular formula is C13H15ClN4O. The van der Waals surface area contributed by atoms with E-state index in [9.17, 15) is 4.79 Å². The molecule has 1 aromatic heterocycles. The van der Waals surface area contributed by atoms with Gasteiger partial charge in [0.25, 0.3) is 5.91 Å². The lowest BCUT2D eigenvalue weighted by Crippen LogP contribution is -2.23. The molecule has 0 bridgehead atoms. The van der Waals surface area contributed by atoms with Crippen molar-refractivity contribution in [1.29, 1.82) is 0 Å². The second-order valence-electron chi connectivity index (χ2n) is 4.09. The summed E-state index contributed by atoms with van der Waals surface area (Å²) >= 11 is 5.79. The van der Waals surface area contributed by atoms with Crippen LogP contribution in [0.5, 0.6) is 0 Å². The van der Waals surface area contributed by atoms with Crippen molar-refractivity contribution in [1.82, 2.24) is 14.9 Å². The average Bonchev–Trinajstić information content (AvgIpc) is 2.87. The first-order valence-electron chi connectivity index (χ1n) is 5.93. The second-order valence-corrected chi connectivity index (χ2v) is 4.53. The van der Waals surface area contributed by atoms with Crippen LogP contribution in [-0.2, 0) is 13.1 Å². The number of benzene rings is 1. The molecule has 0 atom stereocenters. The number of aromatic nitrogens is 2. The number of amides is 1. The van der Waals surface area contributed by atoms with Crippen LogP contribution < -0.4 is 11.1 Å². The van der Waals surface area contributed by atoms with E-state index < -0.39 is 0 Å². The van der Waals surface area contributed by atoms with Gasteiger partial charge < -0.3 is 15.6 Å². The van der Waals surface area contributed by atoms with Gasteiger partial charge in [-0.15, -0.1) is 0 Å². The third-order valence-electron chi connectivity index (χ3n) is 2.62. The summed E-state index contributed by atoms with van der Waals surface area (Å²) in [4.78, 5) is 15.9. The van der Waals surface area contributed by atoms with Crippen LogP contribution in [0.1, 0.15) is 16.1 Å². The molecule has 1 aromatic carbocycles. The topological polar surface area (TPSA) is 72.9 Å². The van der Waals surface area contributed by atoms with Crippen molar-refractivity contribution in [3.63, 3.8) is 0 Å². The van der Waals surface area contributed by atoms with Gasteiger partial charge in [-0.25, -0.2) is 4.98 Å². The highest BCUT2D eigenvalue weighted by Gasteiger charge is 2.08. The van der Waals surface area contributed by atoms with Crippen molar-refractivity contribution in [3.05, 3.63) is 53.1 Å². The first-order chi connectivity index (χ1) is 9.19. The Morgan fingerprint density at radius 2 is 2.11 bits per heavy atom. The molecule has 1 amide bonds. The number of nitrogens with one attached hydrogen (secondary N) is 1. The number of carbonyl (C=O) groups is 1. The molecule has 0 unspecified atom stereocenters. The molecule has 2 aromatic rings. The quantitative estimate of drug-likeness (QED) is 0.869. The minimum atomic E-state index is -0.203. The van der Waals surface area contributed by atoms with Gasteiger partial charge >= 0.3 is 0 Å². The number of nitrogens with two attached hydrogens (primary N) is 1. The van der Waals surface area contributed by atoms with Gasteiger partial charge in [0.1, 0.15) is 5.69 Å². The Morgan fingerprint density at radius 1 is 1.37 bits per heavy atom. The Bertz CT molecular complexity index is 550. The van der Waals surface area contributed by atoms with E-state index in [1.165, 1.54) is 0 Å². The van der Waals surface area contributed by atoms with Crippen molar-refractivity contribution >= 4 is 17.5 Å². The number of nitrogens with zero attached hydrogens (tertiary/aromatic N) is 2. The lowest BCUT2D eigenvalue weighted by molar-refractivity contribution is 0.0946. The maximum Gasteiger partial charge on any atom is 0.271 e. The van der Waals surface area contributed by atoms with Crippen LogP contribution in [0, 0.1) is 0 Å². The van der Waals surface area contributed by atoms with E-state index in [2.05, 4.69) is 10.3 Å². The van der Waals surface area contributed by atoms with Crippen molar-refractivity contribution in [2.45, 2.75) is 13.1 Å². The van der Waals surface area contributed by atoms with Gasteiger partial charge in [0.15, 0.2) is 0 Å². The predicted molar refractivity (Wildman–Crippen MR) is 73.9 cm³/mol. The summed E-state index contributed by atoms with van der Waals surface area (Å²) < 4.78 is 1.79. The van der Waals surface area contributed by atoms with Crippen LogP contribution in [0.4, 0.5) is 0 Å². The third kappa shape index (κ3) is 3.81. The standard InChI is InChI=1S/C13H15ClN4O/c14-11-3-1-10(2-4-11)7-16-13(19)12-8-18(6-5-15)9-17-12/h1-4,8-9H,5-7,15H2,(H,16,19). The van der Waals surface area contributed by atoms with Gasteiger partial charge in [0.05, 0.1) is 6.33 Å². The van der Waals surface area contributed by atoms with E-state index in [0.29, 0.717) is 30.4 Å². The van der Waals surface area contributed by atoms with Gasteiger partial charge in [-0.05, 0) is 17.7 Å². The summed E-state index contributed by atoms with van der Waals surface area (Å²) in [5.41, 5.74) is 6.81. The fourth-order valence-corrected chi connectivity index (χ4v) is 1.75. The predicted octanol–water partition coefficient (Wildman–Crippen LogP) is 1.43. The van der Waals surface area contributed by atoms with Crippen LogP contribution in [-0.4, -0.2) is 22.0 Å². The smallest absolute Gasteiger partial charge is 0.271 e. The summed E-state index contributed by atoms with van der Waals surface area (Å²) in [6.07, 6.45) is 3.29. The van der Waals surface area contributed by atoms with E-state index in [1.54, 1.807) is 29.2 Å². The maximum atomic E-state index is 11.9. The Balaban J connectivity index is 1.91. The molecule has 0 aliphatic carbocycles. The molecule has 6 heteroatoms. The maximum absolute atomic E-state index is 11.9. The van der Waals surface area contributed by atoms with E-state index in [-0.39, 0.29) is 5.91 Å². The van der Waals surface area contributed by atoms with Crippen molar-refractivity contribution in [3.8, 4) is 0 Å². The molecule has 19 heavy (non-hydrogen) atoms. The molecule has 0 aliphatic rings. The minimum absolute atomic E-state index is 0.203. The zero-order valence-electron chi connectivity index (χ0n) is 10.3. The monoisotopic (exact) mass is 278 g/mol. The molecule has 3 N–H and O–H groups in total. The number of imidazole rings is 1. The Kier molecular flexibility index (Phi) is 4.54. The second kappa shape index (κ2) is 6.36. The van der Waals surface area contributed by atoms with Crippen LogP contribution in [0.2, 0.25) is 5.02 Å². The van der Waals surface area contributed by atoms with E-state index >= 15 is 0 Å². The molecule has 0 saturated heterocycles. The molecule has 2 rings (SSSR count). The summed E-state index contributed by atoms with van der Waals surface area (Å²) in [6.45, 7) is 1.61. The number of rotatable bonds is 5. The van der Waals surface area contributed by atoms with Crippen LogP contribution in [0.25, 0.3) is 0 Å². The fraction of sp³-hybridized carbons (Fsp3) is 0.231. The van der Waals surface area contributed by atoms with Gasteiger partial charge in [-0.3, -0.25) is 4.79 Å². The molecule has 0 aliphatic heterocycles. The van der Waals surface area contributed by atoms with Crippen LogP contribution >= 0.6 is 11.6 Å². The average molecular weight is 279 g/mol. The minimum Gasteiger partial charge on any atom is -0.347 e. The summed E-state index contributed by atoms with van der Waals surface area (Å²) in [6, 6.07) is 7.32. The molecule has 0 radical (unpaired) electrons. The largest absolute Gasteiger partial charge is 0.347 e. The molecule has 100 valence electrons. The normalized spacial score (nSPS) is 10.4. The first kappa shape index (κ1) is 13.6. The lowest BCUT2D eigenvalue weighted by Gasteiger charge is -2.03. The number of hydrogen-bond donors (Lipinski definition) is 2. The van der Waals surface area contributed by atoms with Crippen LogP contribution in [0.15, 0.2) is 36.8 Å². The van der Waals surface area contributed by atoms with Gasteiger partial charge in [-0.1, -0.05) is 23.7 Å². The van der Waals surface area contributed by atoms with Crippen molar-refractivity contribution in [2.24, 2.45) is 5.73 Å². The number of hydrogen-bond acceptors (Lipinski definition) is 3. The SMILES string of the molecule is NCCn1cnc(C(=O)NCc2ccc(Cl)cc2)c1. The Labute approximate surface area is 116 Å². The Morgan fingerprint density at radius 3 is 2.79 bits per heavy atom. The van der Waals surface area contributed by atoms with E-state index in [0.717, 1.165) is 5.56 Å². The number of halogens is 1. The highest BCUT2D eigenvalue weighted by atomic mass is 35.5.